The van der Waals surface area contributed by atoms with E-state index >= 15 is 0 Å². The molecule has 142 valence electrons. The second-order valence-corrected chi connectivity index (χ2v) is 5.45. The van der Waals surface area contributed by atoms with Crippen LogP contribution in [0.5, 0.6) is 0 Å². The first-order valence-electron chi connectivity index (χ1n) is 8.18. The van der Waals surface area contributed by atoms with Crippen molar-refractivity contribution in [2.24, 2.45) is 0 Å². The van der Waals surface area contributed by atoms with Crippen LogP contribution in [0.2, 0.25) is 0 Å². The van der Waals surface area contributed by atoms with Crippen molar-refractivity contribution in [2.75, 3.05) is 36.0 Å². The number of hydrogen-bond donors (Lipinski definition) is 0. The van der Waals surface area contributed by atoms with Crippen molar-refractivity contribution in [2.45, 2.75) is 39.8 Å². The molecule has 0 spiro atoms. The number of benzene rings is 1. The molecule has 0 aliphatic carbocycles. The SMILES string of the molecule is CCN(CC)c1ccc(C(=O)C(F)(F)C(F)(F)F)cc1N(CC)CC. The van der Waals surface area contributed by atoms with Gasteiger partial charge in [0.05, 0.1) is 11.4 Å². The number of hydrogen-bond acceptors (Lipinski definition) is 3. The highest BCUT2D eigenvalue weighted by Gasteiger charge is 2.63. The Kier molecular flexibility index (Phi) is 6.79. The monoisotopic (exact) mass is 366 g/mol. The van der Waals surface area contributed by atoms with E-state index in [1.807, 2.05) is 37.5 Å². The van der Waals surface area contributed by atoms with E-state index in [4.69, 9.17) is 0 Å². The number of ketones is 1. The van der Waals surface area contributed by atoms with E-state index < -0.39 is 23.4 Å². The Morgan fingerprint density at radius 1 is 0.840 bits per heavy atom. The summed E-state index contributed by atoms with van der Waals surface area (Å²) in [4.78, 5) is 15.5. The van der Waals surface area contributed by atoms with Crippen LogP contribution in [0.4, 0.5) is 33.3 Å². The molecule has 3 nitrogen and oxygen atoms in total. The van der Waals surface area contributed by atoms with E-state index in [1.54, 1.807) is 0 Å². The van der Waals surface area contributed by atoms with Crippen molar-refractivity contribution in [3.63, 3.8) is 0 Å². The van der Waals surface area contributed by atoms with Gasteiger partial charge in [-0.3, -0.25) is 4.79 Å². The molecule has 0 N–H and O–H groups in total. The second kappa shape index (κ2) is 8.01. The summed E-state index contributed by atoms with van der Waals surface area (Å²) in [7, 11) is 0. The minimum Gasteiger partial charge on any atom is -0.370 e. The van der Waals surface area contributed by atoms with Gasteiger partial charge >= 0.3 is 12.1 Å². The van der Waals surface area contributed by atoms with Crippen LogP contribution in [0.3, 0.4) is 0 Å². The molecule has 0 amide bonds. The van der Waals surface area contributed by atoms with Crippen molar-refractivity contribution in [1.82, 2.24) is 0 Å². The summed E-state index contributed by atoms with van der Waals surface area (Å²) in [6.07, 6.45) is -5.92. The van der Waals surface area contributed by atoms with E-state index in [1.165, 1.54) is 6.07 Å². The van der Waals surface area contributed by atoms with E-state index in [0.717, 1.165) is 12.1 Å². The molecule has 0 aliphatic rings. The molecular weight excluding hydrogens is 343 g/mol. The number of Topliss-reactive ketones (excluding diaryl/α,β-unsaturated/α-hetero) is 1. The summed E-state index contributed by atoms with van der Waals surface area (Å²) in [5, 5.41) is 0. The van der Waals surface area contributed by atoms with Gasteiger partial charge in [0, 0.05) is 31.7 Å². The first-order chi connectivity index (χ1) is 11.5. The number of nitrogens with zero attached hydrogens (tertiary/aromatic N) is 2. The van der Waals surface area contributed by atoms with Crippen LogP contribution in [-0.4, -0.2) is 44.1 Å². The quantitative estimate of drug-likeness (QED) is 0.490. The van der Waals surface area contributed by atoms with Crippen molar-refractivity contribution < 1.29 is 26.7 Å². The molecule has 0 atom stereocenters. The van der Waals surface area contributed by atoms with Gasteiger partial charge in [-0.25, -0.2) is 0 Å². The van der Waals surface area contributed by atoms with E-state index in [9.17, 15) is 26.7 Å². The molecule has 0 fully saturated rings. The summed E-state index contributed by atoms with van der Waals surface area (Å²) >= 11 is 0. The van der Waals surface area contributed by atoms with Crippen LogP contribution in [-0.2, 0) is 0 Å². The number of halogens is 5. The molecule has 1 rings (SSSR count). The molecule has 0 bridgehead atoms. The average Bonchev–Trinajstić information content (AvgIpc) is 2.56. The van der Waals surface area contributed by atoms with Crippen LogP contribution >= 0.6 is 0 Å². The first kappa shape index (κ1) is 21.2. The third kappa shape index (κ3) is 4.22. The van der Waals surface area contributed by atoms with Crippen LogP contribution < -0.4 is 9.80 Å². The number of anilines is 2. The average molecular weight is 366 g/mol. The number of carbonyl (C=O) groups excluding carboxylic acids is 1. The zero-order chi connectivity index (χ0) is 19.4. The molecule has 25 heavy (non-hydrogen) atoms. The number of rotatable bonds is 8. The fourth-order valence-corrected chi connectivity index (χ4v) is 2.62. The van der Waals surface area contributed by atoms with E-state index in [2.05, 4.69) is 0 Å². The van der Waals surface area contributed by atoms with Gasteiger partial charge in [-0.2, -0.15) is 22.0 Å². The third-order valence-electron chi connectivity index (χ3n) is 4.09. The maximum absolute atomic E-state index is 13.4. The zero-order valence-corrected chi connectivity index (χ0v) is 14.8. The van der Waals surface area contributed by atoms with Gasteiger partial charge in [0.25, 0.3) is 0 Å². The topological polar surface area (TPSA) is 23.6 Å². The Hall–Kier alpha value is -1.86. The maximum atomic E-state index is 13.4. The maximum Gasteiger partial charge on any atom is 0.461 e. The van der Waals surface area contributed by atoms with Crippen molar-refractivity contribution in [1.29, 1.82) is 0 Å². The van der Waals surface area contributed by atoms with Crippen LogP contribution in [0.15, 0.2) is 18.2 Å². The van der Waals surface area contributed by atoms with Gasteiger partial charge < -0.3 is 9.80 Å². The predicted molar refractivity (Wildman–Crippen MR) is 88.9 cm³/mol. The molecule has 0 radical (unpaired) electrons. The summed E-state index contributed by atoms with van der Waals surface area (Å²) in [6.45, 7) is 9.82. The Balaban J connectivity index is 3.47. The lowest BCUT2D eigenvalue weighted by molar-refractivity contribution is -0.255. The fourth-order valence-electron chi connectivity index (χ4n) is 2.62. The van der Waals surface area contributed by atoms with Gasteiger partial charge in [0.2, 0.25) is 5.78 Å². The van der Waals surface area contributed by atoms with E-state index in [0.29, 0.717) is 37.6 Å². The van der Waals surface area contributed by atoms with Crippen molar-refractivity contribution in [3.8, 4) is 0 Å². The van der Waals surface area contributed by atoms with Gasteiger partial charge in [-0.15, -0.1) is 0 Å². The molecule has 0 saturated carbocycles. The first-order valence-corrected chi connectivity index (χ1v) is 8.18. The minimum atomic E-state index is -5.92. The largest absolute Gasteiger partial charge is 0.461 e. The lowest BCUT2D eigenvalue weighted by Gasteiger charge is -2.31. The lowest BCUT2D eigenvalue weighted by Crippen LogP contribution is -2.44. The van der Waals surface area contributed by atoms with Crippen LogP contribution in [0.1, 0.15) is 38.1 Å². The minimum absolute atomic E-state index is 0.470. The van der Waals surface area contributed by atoms with Gasteiger partial charge in [-0.05, 0) is 45.9 Å². The standard InChI is InChI=1S/C17H23F5N2O/c1-5-23(6-2)13-10-9-12(11-14(13)24(7-3)8-4)15(25)16(18,19)17(20,21)22/h9-11H,5-8H2,1-4H3. The molecule has 1 aromatic carbocycles. The highest BCUT2D eigenvalue weighted by Crippen LogP contribution is 2.39. The second-order valence-electron chi connectivity index (χ2n) is 5.45. The van der Waals surface area contributed by atoms with E-state index in [-0.39, 0.29) is 0 Å². The lowest BCUT2D eigenvalue weighted by atomic mass is 10.0. The predicted octanol–water partition coefficient (Wildman–Crippen LogP) is 4.76. The summed E-state index contributed by atoms with van der Waals surface area (Å²) in [6, 6.07) is 3.59. The summed E-state index contributed by atoms with van der Waals surface area (Å²) in [5.74, 6) is -7.65. The molecular formula is C17H23F5N2O. The van der Waals surface area contributed by atoms with Crippen molar-refractivity contribution >= 4 is 17.2 Å². The highest BCUT2D eigenvalue weighted by molar-refractivity contribution is 6.03. The molecule has 0 aromatic heterocycles. The highest BCUT2D eigenvalue weighted by atomic mass is 19.4. The summed E-state index contributed by atoms with van der Waals surface area (Å²) in [5.41, 5.74) is 0.512. The molecule has 0 unspecified atom stereocenters. The van der Waals surface area contributed by atoms with Gasteiger partial charge in [0.15, 0.2) is 0 Å². The molecule has 1 aromatic rings. The zero-order valence-electron chi connectivity index (χ0n) is 14.8. The molecule has 0 heterocycles. The Morgan fingerprint density at radius 2 is 1.28 bits per heavy atom. The third-order valence-corrected chi connectivity index (χ3v) is 4.09. The Bertz CT molecular complexity index is 593. The fraction of sp³-hybridized carbons (Fsp3) is 0.588. The Labute approximate surface area is 144 Å². The van der Waals surface area contributed by atoms with Crippen LogP contribution in [0, 0.1) is 0 Å². The van der Waals surface area contributed by atoms with Gasteiger partial charge in [-0.1, -0.05) is 0 Å². The Morgan fingerprint density at radius 3 is 1.68 bits per heavy atom. The molecule has 0 saturated heterocycles. The molecule has 8 heteroatoms. The summed E-state index contributed by atoms with van der Waals surface area (Å²) < 4.78 is 64.3. The number of carbonyl (C=O) groups is 1. The normalized spacial score (nSPS) is 12.2. The molecule has 0 aliphatic heterocycles. The smallest absolute Gasteiger partial charge is 0.370 e. The van der Waals surface area contributed by atoms with Gasteiger partial charge in [0.1, 0.15) is 0 Å². The van der Waals surface area contributed by atoms with Crippen LogP contribution in [0.25, 0.3) is 0 Å². The van der Waals surface area contributed by atoms with Crippen molar-refractivity contribution in [3.05, 3.63) is 23.8 Å². The number of alkyl halides is 5.